The number of hydrogen-bond donors (Lipinski definition) is 1. The standard InChI is InChI=1S/C24H21ClN2O5/c1-17-13-19(25)9-12-22(17)31-15-23(28)27-26-14-18-7-10-21(11-8-18)32-24(29)16-30-20-5-3-2-4-6-20/h2-14H,15-16H2,1H3,(H,27,28)/b26-14+. The average molecular weight is 453 g/mol. The Morgan fingerprint density at radius 1 is 0.938 bits per heavy atom. The van der Waals surface area contributed by atoms with Crippen LogP contribution in [0.5, 0.6) is 17.2 Å². The predicted molar refractivity (Wildman–Crippen MR) is 121 cm³/mol. The molecule has 0 atom stereocenters. The molecular weight excluding hydrogens is 432 g/mol. The lowest BCUT2D eigenvalue weighted by Crippen LogP contribution is -2.24. The molecule has 7 nitrogen and oxygen atoms in total. The Morgan fingerprint density at radius 3 is 2.41 bits per heavy atom. The Morgan fingerprint density at radius 2 is 1.69 bits per heavy atom. The molecule has 0 aliphatic heterocycles. The van der Waals surface area contributed by atoms with Gasteiger partial charge in [-0.1, -0.05) is 29.8 Å². The van der Waals surface area contributed by atoms with Crippen molar-refractivity contribution < 1.29 is 23.8 Å². The van der Waals surface area contributed by atoms with Gasteiger partial charge in [0.05, 0.1) is 6.21 Å². The lowest BCUT2D eigenvalue weighted by atomic mass is 10.2. The third-order valence-corrected chi connectivity index (χ3v) is 4.35. The van der Waals surface area contributed by atoms with E-state index in [4.69, 9.17) is 25.8 Å². The molecule has 1 N–H and O–H groups in total. The summed E-state index contributed by atoms with van der Waals surface area (Å²) in [5, 5.41) is 4.49. The molecule has 32 heavy (non-hydrogen) atoms. The van der Waals surface area contributed by atoms with Crippen LogP contribution in [0.3, 0.4) is 0 Å². The number of para-hydroxylation sites is 1. The highest BCUT2D eigenvalue weighted by Gasteiger charge is 2.07. The van der Waals surface area contributed by atoms with E-state index in [0.29, 0.717) is 27.8 Å². The highest BCUT2D eigenvalue weighted by molar-refractivity contribution is 6.30. The molecule has 0 aromatic heterocycles. The van der Waals surface area contributed by atoms with E-state index in [-0.39, 0.29) is 13.2 Å². The van der Waals surface area contributed by atoms with Crippen molar-refractivity contribution in [2.45, 2.75) is 6.92 Å². The first-order valence-corrected chi connectivity index (χ1v) is 10.1. The highest BCUT2D eigenvalue weighted by atomic mass is 35.5. The van der Waals surface area contributed by atoms with Gasteiger partial charge in [-0.2, -0.15) is 5.10 Å². The first-order chi connectivity index (χ1) is 15.5. The number of benzene rings is 3. The summed E-state index contributed by atoms with van der Waals surface area (Å²) in [6.07, 6.45) is 1.47. The lowest BCUT2D eigenvalue weighted by molar-refractivity contribution is -0.136. The number of esters is 1. The van der Waals surface area contributed by atoms with Crippen LogP contribution in [0, 0.1) is 6.92 Å². The highest BCUT2D eigenvalue weighted by Crippen LogP contribution is 2.21. The summed E-state index contributed by atoms with van der Waals surface area (Å²) < 4.78 is 16.0. The van der Waals surface area contributed by atoms with Crippen molar-refractivity contribution in [1.82, 2.24) is 5.43 Å². The molecule has 0 saturated carbocycles. The van der Waals surface area contributed by atoms with Gasteiger partial charge in [-0.25, -0.2) is 10.2 Å². The third-order valence-electron chi connectivity index (χ3n) is 4.11. The van der Waals surface area contributed by atoms with E-state index in [1.807, 2.05) is 25.1 Å². The van der Waals surface area contributed by atoms with Gasteiger partial charge in [-0.05, 0) is 72.6 Å². The third kappa shape index (κ3) is 7.45. The van der Waals surface area contributed by atoms with Crippen LogP contribution in [0.25, 0.3) is 0 Å². The van der Waals surface area contributed by atoms with Crippen LogP contribution in [0.4, 0.5) is 0 Å². The summed E-state index contributed by atoms with van der Waals surface area (Å²) in [4.78, 5) is 23.8. The second-order valence-corrected chi connectivity index (χ2v) is 7.07. The van der Waals surface area contributed by atoms with Gasteiger partial charge in [-0.3, -0.25) is 4.79 Å². The summed E-state index contributed by atoms with van der Waals surface area (Å²) in [5.74, 6) is 0.622. The molecule has 3 rings (SSSR count). The van der Waals surface area contributed by atoms with E-state index in [1.54, 1.807) is 54.6 Å². The molecular formula is C24H21ClN2O5. The Balaban J connectivity index is 1.40. The second kappa shape index (κ2) is 11.5. The monoisotopic (exact) mass is 452 g/mol. The summed E-state index contributed by atoms with van der Waals surface area (Å²) in [6.45, 7) is 1.46. The summed E-state index contributed by atoms with van der Waals surface area (Å²) in [7, 11) is 0. The van der Waals surface area contributed by atoms with Crippen LogP contribution in [-0.2, 0) is 9.59 Å². The molecule has 0 unspecified atom stereocenters. The van der Waals surface area contributed by atoms with Gasteiger partial charge in [-0.15, -0.1) is 0 Å². The normalized spacial score (nSPS) is 10.6. The molecule has 0 bridgehead atoms. The van der Waals surface area contributed by atoms with Gasteiger partial charge in [0.1, 0.15) is 17.2 Å². The lowest BCUT2D eigenvalue weighted by Gasteiger charge is -2.08. The van der Waals surface area contributed by atoms with Crippen molar-refractivity contribution in [3.05, 3.63) is 88.9 Å². The van der Waals surface area contributed by atoms with E-state index < -0.39 is 11.9 Å². The molecule has 164 valence electrons. The molecule has 1 amide bonds. The summed E-state index contributed by atoms with van der Waals surface area (Å²) in [5.41, 5.74) is 3.93. The number of halogens is 1. The van der Waals surface area contributed by atoms with Crippen LogP contribution in [0.1, 0.15) is 11.1 Å². The number of ether oxygens (including phenoxy) is 3. The van der Waals surface area contributed by atoms with Gasteiger partial charge in [0, 0.05) is 5.02 Å². The van der Waals surface area contributed by atoms with Crippen molar-refractivity contribution in [2.24, 2.45) is 5.10 Å². The largest absolute Gasteiger partial charge is 0.483 e. The van der Waals surface area contributed by atoms with E-state index in [2.05, 4.69) is 10.5 Å². The Labute approximate surface area is 190 Å². The number of carbonyl (C=O) groups excluding carboxylic acids is 2. The van der Waals surface area contributed by atoms with Gasteiger partial charge in [0.2, 0.25) is 0 Å². The van der Waals surface area contributed by atoms with Crippen molar-refractivity contribution in [2.75, 3.05) is 13.2 Å². The van der Waals surface area contributed by atoms with Gasteiger partial charge in [0.25, 0.3) is 5.91 Å². The number of amides is 1. The van der Waals surface area contributed by atoms with Gasteiger partial charge >= 0.3 is 5.97 Å². The van der Waals surface area contributed by atoms with Crippen molar-refractivity contribution in [1.29, 1.82) is 0 Å². The average Bonchev–Trinajstić information content (AvgIpc) is 2.79. The van der Waals surface area contributed by atoms with Crippen LogP contribution in [0.2, 0.25) is 5.02 Å². The minimum atomic E-state index is -0.515. The molecule has 0 radical (unpaired) electrons. The van der Waals surface area contributed by atoms with Crippen molar-refractivity contribution in [3.8, 4) is 17.2 Å². The van der Waals surface area contributed by atoms with E-state index in [9.17, 15) is 9.59 Å². The zero-order chi connectivity index (χ0) is 22.8. The smallest absolute Gasteiger partial charge is 0.349 e. The van der Waals surface area contributed by atoms with Crippen LogP contribution in [0.15, 0.2) is 77.9 Å². The molecule has 8 heteroatoms. The fourth-order valence-corrected chi connectivity index (χ4v) is 2.80. The maximum Gasteiger partial charge on any atom is 0.349 e. The Kier molecular flexibility index (Phi) is 8.22. The maximum atomic E-state index is 11.9. The number of rotatable bonds is 9. The van der Waals surface area contributed by atoms with E-state index in [0.717, 1.165) is 5.56 Å². The fourth-order valence-electron chi connectivity index (χ4n) is 2.57. The van der Waals surface area contributed by atoms with Crippen LogP contribution >= 0.6 is 11.6 Å². The van der Waals surface area contributed by atoms with E-state index >= 15 is 0 Å². The number of nitrogens with one attached hydrogen (secondary N) is 1. The minimum Gasteiger partial charge on any atom is -0.483 e. The Bertz CT molecular complexity index is 1090. The van der Waals surface area contributed by atoms with Crippen LogP contribution < -0.4 is 19.6 Å². The molecule has 0 spiro atoms. The molecule has 3 aromatic carbocycles. The number of carbonyl (C=O) groups is 2. The maximum absolute atomic E-state index is 11.9. The fraction of sp³-hybridized carbons (Fsp3) is 0.125. The number of hydrazone groups is 1. The van der Waals surface area contributed by atoms with Crippen molar-refractivity contribution in [3.63, 3.8) is 0 Å². The summed E-state index contributed by atoms with van der Waals surface area (Å²) in [6, 6.07) is 20.8. The first-order valence-electron chi connectivity index (χ1n) is 9.69. The zero-order valence-electron chi connectivity index (χ0n) is 17.3. The number of aryl methyl sites for hydroxylation is 1. The molecule has 0 aliphatic rings. The quantitative estimate of drug-likeness (QED) is 0.228. The number of nitrogens with zero attached hydrogens (tertiary/aromatic N) is 1. The predicted octanol–water partition coefficient (Wildman–Crippen LogP) is 4.16. The molecule has 0 saturated heterocycles. The number of hydrogen-bond acceptors (Lipinski definition) is 6. The van der Waals surface area contributed by atoms with Gasteiger partial charge in [0.15, 0.2) is 13.2 Å². The molecule has 0 fully saturated rings. The van der Waals surface area contributed by atoms with E-state index in [1.165, 1.54) is 6.21 Å². The Hall–Kier alpha value is -3.84. The first kappa shape index (κ1) is 22.8. The zero-order valence-corrected chi connectivity index (χ0v) is 18.0. The summed E-state index contributed by atoms with van der Waals surface area (Å²) >= 11 is 5.89. The topological polar surface area (TPSA) is 86.2 Å². The molecule has 0 aliphatic carbocycles. The molecule has 3 aromatic rings. The van der Waals surface area contributed by atoms with Gasteiger partial charge < -0.3 is 14.2 Å². The van der Waals surface area contributed by atoms with Crippen LogP contribution in [-0.4, -0.2) is 31.3 Å². The SMILES string of the molecule is Cc1cc(Cl)ccc1OCC(=O)N/N=C/c1ccc(OC(=O)COc2ccccc2)cc1. The molecule has 0 heterocycles. The van der Waals surface area contributed by atoms with Crippen molar-refractivity contribution >= 4 is 29.7 Å². The minimum absolute atomic E-state index is 0.181. The second-order valence-electron chi connectivity index (χ2n) is 6.64.